The summed E-state index contributed by atoms with van der Waals surface area (Å²) in [4.78, 5) is 22.6. The SMILES string of the molecule is COC(=O)c1ccc2nccc(N(CCOCCCN)c3ccc(F)c(Cl)c3)c2n1. The van der Waals surface area contributed by atoms with Gasteiger partial charge in [0.1, 0.15) is 17.0 Å². The van der Waals surface area contributed by atoms with E-state index in [2.05, 4.69) is 9.97 Å². The first kappa shape index (κ1) is 21.9. The van der Waals surface area contributed by atoms with E-state index in [4.69, 9.17) is 26.8 Å². The van der Waals surface area contributed by atoms with Crippen molar-refractivity contribution in [1.82, 2.24) is 9.97 Å². The van der Waals surface area contributed by atoms with Crippen molar-refractivity contribution in [2.45, 2.75) is 6.42 Å². The first-order valence-corrected chi connectivity index (χ1v) is 9.77. The number of fused-ring (bicyclic) bond motifs is 1. The van der Waals surface area contributed by atoms with Crippen LogP contribution in [0.25, 0.3) is 11.0 Å². The first-order valence-electron chi connectivity index (χ1n) is 9.39. The van der Waals surface area contributed by atoms with Crippen molar-refractivity contribution in [1.29, 1.82) is 0 Å². The summed E-state index contributed by atoms with van der Waals surface area (Å²) in [6.45, 7) is 1.92. The van der Waals surface area contributed by atoms with Crippen LogP contribution in [0.3, 0.4) is 0 Å². The Balaban J connectivity index is 2.04. The van der Waals surface area contributed by atoms with Crippen LogP contribution >= 0.6 is 11.6 Å². The van der Waals surface area contributed by atoms with Crippen molar-refractivity contribution in [2.24, 2.45) is 5.73 Å². The number of halogens is 2. The van der Waals surface area contributed by atoms with Gasteiger partial charge in [-0.3, -0.25) is 4.98 Å². The zero-order valence-electron chi connectivity index (χ0n) is 16.5. The second-order valence-electron chi connectivity index (χ2n) is 6.39. The number of carbonyl (C=O) groups is 1. The van der Waals surface area contributed by atoms with Crippen molar-refractivity contribution in [3.05, 3.63) is 59.1 Å². The van der Waals surface area contributed by atoms with Crippen LogP contribution in [0.5, 0.6) is 0 Å². The lowest BCUT2D eigenvalue weighted by Crippen LogP contribution is -2.23. The predicted octanol–water partition coefficient (Wildman–Crippen LogP) is 3.71. The van der Waals surface area contributed by atoms with Gasteiger partial charge in [-0.1, -0.05) is 11.6 Å². The van der Waals surface area contributed by atoms with Crippen molar-refractivity contribution in [2.75, 3.05) is 38.3 Å². The maximum atomic E-state index is 13.7. The normalized spacial score (nSPS) is 10.9. The topological polar surface area (TPSA) is 90.6 Å². The molecule has 0 spiro atoms. The molecule has 0 radical (unpaired) electrons. The highest BCUT2D eigenvalue weighted by atomic mass is 35.5. The molecule has 0 aliphatic rings. The maximum absolute atomic E-state index is 13.7. The number of hydrogen-bond donors (Lipinski definition) is 1. The van der Waals surface area contributed by atoms with Crippen molar-refractivity contribution >= 4 is 40.0 Å². The fraction of sp³-hybridized carbons (Fsp3) is 0.286. The van der Waals surface area contributed by atoms with E-state index in [1.807, 2.05) is 4.90 Å². The third-order valence-corrected chi connectivity index (χ3v) is 4.70. The van der Waals surface area contributed by atoms with Gasteiger partial charge in [-0.25, -0.2) is 14.2 Å². The molecule has 0 bridgehead atoms. The number of methoxy groups -OCH3 is 1. The van der Waals surface area contributed by atoms with Gasteiger partial charge in [0.25, 0.3) is 0 Å². The number of hydrogen-bond acceptors (Lipinski definition) is 7. The van der Waals surface area contributed by atoms with E-state index in [0.717, 1.165) is 6.42 Å². The van der Waals surface area contributed by atoms with Gasteiger partial charge in [-0.05, 0) is 49.4 Å². The molecule has 7 nitrogen and oxygen atoms in total. The second kappa shape index (κ2) is 10.3. The fourth-order valence-electron chi connectivity index (χ4n) is 2.93. The third-order valence-electron chi connectivity index (χ3n) is 4.41. The highest BCUT2D eigenvalue weighted by Crippen LogP contribution is 2.32. The average molecular weight is 433 g/mol. The molecule has 0 aliphatic carbocycles. The average Bonchev–Trinajstić information content (AvgIpc) is 2.77. The summed E-state index contributed by atoms with van der Waals surface area (Å²) in [5, 5.41) is 0.00289. The summed E-state index contributed by atoms with van der Waals surface area (Å²) in [5.74, 6) is -1.06. The molecule has 0 atom stereocenters. The smallest absolute Gasteiger partial charge is 0.356 e. The molecule has 2 N–H and O–H groups in total. The Morgan fingerprint density at radius 1 is 1.23 bits per heavy atom. The fourth-order valence-corrected chi connectivity index (χ4v) is 3.11. The molecule has 0 saturated carbocycles. The maximum Gasteiger partial charge on any atom is 0.356 e. The van der Waals surface area contributed by atoms with Crippen LogP contribution in [0, 0.1) is 5.82 Å². The monoisotopic (exact) mass is 432 g/mol. The Bertz CT molecular complexity index is 1030. The minimum Gasteiger partial charge on any atom is -0.464 e. The minimum atomic E-state index is -0.548. The largest absolute Gasteiger partial charge is 0.464 e. The van der Waals surface area contributed by atoms with Crippen LogP contribution in [0.1, 0.15) is 16.9 Å². The highest BCUT2D eigenvalue weighted by Gasteiger charge is 2.17. The molecule has 2 heterocycles. The van der Waals surface area contributed by atoms with Crippen LogP contribution in [0.2, 0.25) is 5.02 Å². The summed E-state index contributed by atoms with van der Waals surface area (Å²) in [7, 11) is 1.30. The zero-order valence-corrected chi connectivity index (χ0v) is 17.2. The third kappa shape index (κ3) is 5.02. The Labute approximate surface area is 178 Å². The number of esters is 1. The molecule has 30 heavy (non-hydrogen) atoms. The van der Waals surface area contributed by atoms with Gasteiger partial charge in [0, 0.05) is 25.0 Å². The number of nitrogens with zero attached hydrogens (tertiary/aromatic N) is 3. The number of benzene rings is 1. The van der Waals surface area contributed by atoms with Crippen molar-refractivity contribution in [3.63, 3.8) is 0 Å². The lowest BCUT2D eigenvalue weighted by Gasteiger charge is -2.26. The van der Waals surface area contributed by atoms with Gasteiger partial charge in [0.2, 0.25) is 0 Å². The molecule has 0 amide bonds. The number of ether oxygens (including phenoxy) is 2. The molecule has 9 heteroatoms. The van der Waals surface area contributed by atoms with Crippen LogP contribution in [-0.2, 0) is 9.47 Å². The number of anilines is 2. The number of rotatable bonds is 9. The summed E-state index contributed by atoms with van der Waals surface area (Å²) in [6, 6.07) is 9.49. The van der Waals surface area contributed by atoms with E-state index in [1.165, 1.54) is 19.2 Å². The van der Waals surface area contributed by atoms with Gasteiger partial charge in [0.15, 0.2) is 0 Å². The standard InChI is InChI=1S/C21H22ClFN4O3/c1-29-21(28)18-6-5-17-20(26-18)19(7-9-25-17)27(10-12-30-11-2-8-24)14-3-4-16(23)15(22)13-14/h3-7,9,13H,2,8,10-12,24H2,1H3. The van der Waals surface area contributed by atoms with E-state index in [1.54, 1.807) is 30.5 Å². The van der Waals surface area contributed by atoms with E-state index in [-0.39, 0.29) is 10.7 Å². The molecule has 0 fully saturated rings. The van der Waals surface area contributed by atoms with Crippen LogP contribution in [0.4, 0.5) is 15.8 Å². The summed E-state index contributed by atoms with van der Waals surface area (Å²) in [6.07, 6.45) is 2.40. The van der Waals surface area contributed by atoms with Crippen LogP contribution < -0.4 is 10.6 Å². The second-order valence-corrected chi connectivity index (χ2v) is 6.80. The number of nitrogens with two attached hydrogens (primary N) is 1. The van der Waals surface area contributed by atoms with E-state index < -0.39 is 11.8 Å². The molecule has 0 aliphatic heterocycles. The molecule has 3 aromatic rings. The molecule has 1 aromatic carbocycles. The molecule has 0 unspecified atom stereocenters. The molecule has 158 valence electrons. The van der Waals surface area contributed by atoms with Gasteiger partial charge in [-0.2, -0.15) is 0 Å². The number of pyridine rings is 2. The Kier molecular flexibility index (Phi) is 7.51. The molecule has 3 rings (SSSR count). The van der Waals surface area contributed by atoms with Gasteiger partial charge < -0.3 is 20.1 Å². The molecular weight excluding hydrogens is 411 g/mol. The van der Waals surface area contributed by atoms with Gasteiger partial charge >= 0.3 is 5.97 Å². The van der Waals surface area contributed by atoms with Gasteiger partial charge in [0.05, 0.1) is 29.9 Å². The summed E-state index contributed by atoms with van der Waals surface area (Å²) >= 11 is 6.02. The Hall–Kier alpha value is -2.81. The predicted molar refractivity (Wildman–Crippen MR) is 114 cm³/mol. The number of carbonyl (C=O) groups excluding carboxylic acids is 1. The lowest BCUT2D eigenvalue weighted by atomic mass is 10.2. The highest BCUT2D eigenvalue weighted by molar-refractivity contribution is 6.31. The lowest BCUT2D eigenvalue weighted by molar-refractivity contribution is 0.0594. The number of aromatic nitrogens is 2. The molecule has 0 saturated heterocycles. The van der Waals surface area contributed by atoms with Gasteiger partial charge in [-0.15, -0.1) is 0 Å². The summed E-state index contributed by atoms with van der Waals surface area (Å²) in [5.41, 5.74) is 8.10. The van der Waals surface area contributed by atoms with E-state index in [0.29, 0.717) is 48.7 Å². The Morgan fingerprint density at radius 3 is 2.80 bits per heavy atom. The Morgan fingerprint density at radius 2 is 2.07 bits per heavy atom. The van der Waals surface area contributed by atoms with E-state index in [9.17, 15) is 9.18 Å². The van der Waals surface area contributed by atoms with E-state index >= 15 is 0 Å². The molecule has 2 aromatic heterocycles. The van der Waals surface area contributed by atoms with Crippen LogP contribution in [-0.4, -0.2) is 49.4 Å². The summed E-state index contributed by atoms with van der Waals surface area (Å²) < 4.78 is 24.2. The van der Waals surface area contributed by atoms with Crippen molar-refractivity contribution in [3.8, 4) is 0 Å². The van der Waals surface area contributed by atoms with Crippen molar-refractivity contribution < 1.29 is 18.7 Å². The van der Waals surface area contributed by atoms with Crippen LogP contribution in [0.15, 0.2) is 42.6 Å². The molecular formula is C21H22ClFN4O3. The first-order chi connectivity index (χ1) is 14.5. The quantitative estimate of drug-likeness (QED) is 0.407. The minimum absolute atomic E-state index is 0.00289. The zero-order chi connectivity index (χ0) is 21.5.